The predicted octanol–water partition coefficient (Wildman–Crippen LogP) is 4.52. The fraction of sp³-hybridized carbons (Fsp3) is 0.480. The standard InChI is InChI=1S/C25H32ClN2O4P/c1-30-21-7-4-17(14-19(21)26)5-9-24(33)27-20(16-28-10-2-3-11-28)25(29)18-6-8-22-23(15-18)32-13-12-31-22/h4,6-8,14-15,20,25,29H,2-3,5,9-13,16,33H2,1H3/t20-,25-/m1/s1. The molecule has 2 aromatic rings. The maximum atomic E-state index is 11.3. The molecule has 178 valence electrons. The van der Waals surface area contributed by atoms with E-state index in [4.69, 9.17) is 30.8 Å². The minimum atomic E-state index is -0.729. The van der Waals surface area contributed by atoms with Gasteiger partial charge in [-0.05, 0) is 74.2 Å². The van der Waals surface area contributed by atoms with Crippen LogP contribution in [0.25, 0.3) is 0 Å². The van der Waals surface area contributed by atoms with Crippen molar-refractivity contribution in [3.63, 3.8) is 0 Å². The second-order valence-corrected chi connectivity index (χ2v) is 9.59. The van der Waals surface area contributed by atoms with E-state index < -0.39 is 6.10 Å². The number of aliphatic imine (C=N–C) groups is 1. The second kappa shape index (κ2) is 11.5. The first-order valence-corrected chi connectivity index (χ1v) is 12.4. The summed E-state index contributed by atoms with van der Waals surface area (Å²) < 4.78 is 16.6. The number of hydrogen-bond acceptors (Lipinski definition) is 6. The molecule has 6 nitrogen and oxygen atoms in total. The second-order valence-electron chi connectivity index (χ2n) is 8.51. The van der Waals surface area contributed by atoms with Crippen LogP contribution in [0.15, 0.2) is 41.4 Å². The van der Waals surface area contributed by atoms with E-state index in [1.54, 1.807) is 7.11 Å². The maximum Gasteiger partial charge on any atom is 0.161 e. The fourth-order valence-electron chi connectivity index (χ4n) is 4.32. The van der Waals surface area contributed by atoms with Crippen molar-refractivity contribution in [3.8, 4) is 17.2 Å². The minimum absolute atomic E-state index is 0.266. The first-order chi connectivity index (χ1) is 16.0. The number of ether oxygens (including phenoxy) is 3. The highest BCUT2D eigenvalue weighted by Gasteiger charge is 2.26. The van der Waals surface area contributed by atoms with Crippen LogP contribution in [0.4, 0.5) is 0 Å². The monoisotopic (exact) mass is 490 g/mol. The van der Waals surface area contributed by atoms with E-state index in [1.165, 1.54) is 12.8 Å². The molecule has 0 aliphatic carbocycles. The van der Waals surface area contributed by atoms with Crippen molar-refractivity contribution in [1.82, 2.24) is 4.90 Å². The lowest BCUT2D eigenvalue weighted by Gasteiger charge is -2.27. The van der Waals surface area contributed by atoms with Crippen LogP contribution in [-0.4, -0.2) is 61.5 Å². The first kappa shape index (κ1) is 24.3. The van der Waals surface area contributed by atoms with Gasteiger partial charge in [0.1, 0.15) is 25.1 Å². The average Bonchev–Trinajstić information content (AvgIpc) is 3.35. The molecule has 0 aromatic heterocycles. The van der Waals surface area contributed by atoms with E-state index in [-0.39, 0.29) is 6.04 Å². The Morgan fingerprint density at radius 1 is 1.15 bits per heavy atom. The van der Waals surface area contributed by atoms with Crippen LogP contribution in [0.5, 0.6) is 17.2 Å². The van der Waals surface area contributed by atoms with Gasteiger partial charge in [-0.15, -0.1) is 0 Å². The lowest BCUT2D eigenvalue weighted by molar-refractivity contribution is 0.125. The van der Waals surface area contributed by atoms with Crippen LogP contribution in [0, 0.1) is 0 Å². The topological polar surface area (TPSA) is 63.5 Å². The Labute approximate surface area is 203 Å². The Balaban J connectivity index is 1.48. The van der Waals surface area contributed by atoms with Crippen LogP contribution >= 0.6 is 20.8 Å². The predicted molar refractivity (Wildman–Crippen MR) is 135 cm³/mol. The molecule has 1 fully saturated rings. The van der Waals surface area contributed by atoms with Crippen molar-refractivity contribution in [2.24, 2.45) is 4.99 Å². The summed E-state index contributed by atoms with van der Waals surface area (Å²) in [6.07, 6.45) is 3.23. The molecule has 2 aliphatic rings. The molecule has 4 rings (SSSR count). The van der Waals surface area contributed by atoms with Gasteiger partial charge in [0.25, 0.3) is 0 Å². The van der Waals surface area contributed by atoms with Crippen molar-refractivity contribution in [2.45, 2.75) is 37.8 Å². The normalized spacial score (nSPS) is 18.2. The third-order valence-corrected chi connectivity index (χ3v) is 6.87. The number of aliphatic hydroxyl groups is 1. The lowest BCUT2D eigenvalue weighted by atomic mass is 10.0. The number of methoxy groups -OCH3 is 1. The van der Waals surface area contributed by atoms with Crippen molar-refractivity contribution >= 4 is 26.3 Å². The van der Waals surface area contributed by atoms with E-state index in [9.17, 15) is 5.11 Å². The summed E-state index contributed by atoms with van der Waals surface area (Å²) in [6.45, 7) is 3.90. The smallest absolute Gasteiger partial charge is 0.161 e. The number of aryl methyl sites for hydroxylation is 1. The van der Waals surface area contributed by atoms with Gasteiger partial charge in [0.05, 0.1) is 18.2 Å². The number of likely N-dealkylation sites (tertiary alicyclic amines) is 1. The van der Waals surface area contributed by atoms with Gasteiger partial charge in [-0.25, -0.2) is 0 Å². The first-order valence-electron chi connectivity index (χ1n) is 11.5. The Morgan fingerprint density at radius 3 is 2.64 bits per heavy atom. The molecular weight excluding hydrogens is 459 g/mol. The fourth-order valence-corrected chi connectivity index (χ4v) is 4.94. The Hall–Kier alpha value is -1.85. The van der Waals surface area contributed by atoms with Gasteiger partial charge < -0.3 is 24.2 Å². The van der Waals surface area contributed by atoms with E-state index in [1.807, 2.05) is 36.4 Å². The van der Waals surface area contributed by atoms with Gasteiger partial charge in [0.15, 0.2) is 11.5 Å². The van der Waals surface area contributed by atoms with Gasteiger partial charge in [-0.1, -0.05) is 33.0 Å². The van der Waals surface area contributed by atoms with E-state index in [0.29, 0.717) is 29.7 Å². The number of nitrogens with zero attached hydrogens (tertiary/aromatic N) is 2. The molecule has 8 heteroatoms. The molecule has 1 unspecified atom stereocenters. The van der Waals surface area contributed by atoms with Crippen LogP contribution in [0.3, 0.4) is 0 Å². The minimum Gasteiger partial charge on any atom is -0.495 e. The van der Waals surface area contributed by atoms with Gasteiger partial charge in [-0.2, -0.15) is 0 Å². The zero-order chi connectivity index (χ0) is 23.2. The van der Waals surface area contributed by atoms with Gasteiger partial charge in [0, 0.05) is 12.0 Å². The molecule has 2 heterocycles. The maximum absolute atomic E-state index is 11.3. The Morgan fingerprint density at radius 2 is 1.91 bits per heavy atom. The summed E-state index contributed by atoms with van der Waals surface area (Å²) in [6, 6.07) is 11.2. The number of halogens is 1. The summed E-state index contributed by atoms with van der Waals surface area (Å²) in [5.74, 6) is 2.08. The molecule has 2 aromatic carbocycles. The molecule has 2 aliphatic heterocycles. The van der Waals surface area contributed by atoms with Crippen molar-refractivity contribution in [2.75, 3.05) is 40.0 Å². The number of aliphatic hydroxyl groups excluding tert-OH is 1. The summed E-state index contributed by atoms with van der Waals surface area (Å²) in [4.78, 5) is 7.34. The van der Waals surface area contributed by atoms with E-state index in [0.717, 1.165) is 54.8 Å². The summed E-state index contributed by atoms with van der Waals surface area (Å²) in [5, 5.41) is 11.9. The molecule has 0 bridgehead atoms. The molecule has 1 N–H and O–H groups in total. The molecule has 0 amide bonds. The molecule has 3 atom stereocenters. The summed E-state index contributed by atoms with van der Waals surface area (Å²) in [5.41, 5.74) is 2.86. The highest BCUT2D eigenvalue weighted by atomic mass is 35.5. The lowest BCUT2D eigenvalue weighted by Crippen LogP contribution is -2.33. The molecule has 0 spiro atoms. The third-order valence-electron chi connectivity index (χ3n) is 6.13. The van der Waals surface area contributed by atoms with Gasteiger partial charge in [-0.3, -0.25) is 4.99 Å². The van der Waals surface area contributed by atoms with Crippen LogP contribution < -0.4 is 14.2 Å². The summed E-state index contributed by atoms with van der Waals surface area (Å²) >= 11 is 6.27. The number of rotatable bonds is 9. The quantitative estimate of drug-likeness (QED) is 0.413. The highest BCUT2D eigenvalue weighted by molar-refractivity contribution is 7.40. The zero-order valence-electron chi connectivity index (χ0n) is 19.0. The Kier molecular flexibility index (Phi) is 8.48. The number of fused-ring (bicyclic) bond motifs is 1. The van der Waals surface area contributed by atoms with Crippen molar-refractivity contribution < 1.29 is 19.3 Å². The van der Waals surface area contributed by atoms with Gasteiger partial charge >= 0.3 is 0 Å². The molecule has 0 saturated carbocycles. The summed E-state index contributed by atoms with van der Waals surface area (Å²) in [7, 11) is 4.37. The number of benzene rings is 2. The SMILES string of the molecule is COc1ccc(CCC(P)=N[C@H](CN2CCCC2)[C@H](O)c2ccc3c(c2)OCCO3)cc1Cl. The molecule has 1 saturated heterocycles. The third kappa shape index (κ3) is 6.39. The number of hydrogen-bond donors (Lipinski definition) is 1. The van der Waals surface area contributed by atoms with E-state index in [2.05, 4.69) is 14.1 Å². The Bertz CT molecular complexity index is 981. The van der Waals surface area contributed by atoms with Crippen LogP contribution in [0.2, 0.25) is 5.02 Å². The van der Waals surface area contributed by atoms with E-state index >= 15 is 0 Å². The van der Waals surface area contributed by atoms with Crippen LogP contribution in [-0.2, 0) is 6.42 Å². The van der Waals surface area contributed by atoms with Crippen molar-refractivity contribution in [1.29, 1.82) is 0 Å². The average molecular weight is 491 g/mol. The van der Waals surface area contributed by atoms with Crippen LogP contribution in [0.1, 0.15) is 36.5 Å². The zero-order valence-corrected chi connectivity index (χ0v) is 20.9. The highest BCUT2D eigenvalue weighted by Crippen LogP contribution is 2.34. The van der Waals surface area contributed by atoms with Gasteiger partial charge in [0.2, 0.25) is 0 Å². The van der Waals surface area contributed by atoms with Crippen molar-refractivity contribution in [3.05, 3.63) is 52.5 Å². The largest absolute Gasteiger partial charge is 0.495 e. The molecule has 33 heavy (non-hydrogen) atoms. The molecule has 0 radical (unpaired) electrons. The molecular formula is C25H32ClN2O4P.